The Morgan fingerprint density at radius 1 is 0.778 bits per heavy atom. The summed E-state index contributed by atoms with van der Waals surface area (Å²) in [7, 11) is 0. The minimum Gasteiger partial charge on any atom is -0.507 e. The lowest BCUT2D eigenvalue weighted by molar-refractivity contribution is 0.358. The molecule has 0 saturated carbocycles. The van der Waals surface area contributed by atoms with Gasteiger partial charge in [0.15, 0.2) is 0 Å². The number of aryl methyl sites for hydroxylation is 1. The van der Waals surface area contributed by atoms with Gasteiger partial charge in [-0.3, -0.25) is 0 Å². The van der Waals surface area contributed by atoms with Gasteiger partial charge in [0.2, 0.25) is 0 Å². The van der Waals surface area contributed by atoms with Crippen molar-refractivity contribution in [3.8, 4) is 22.6 Å². The summed E-state index contributed by atoms with van der Waals surface area (Å²) >= 11 is 0. The van der Waals surface area contributed by atoms with Crippen molar-refractivity contribution in [1.82, 2.24) is 0 Å². The molecule has 3 aromatic rings. The monoisotopic (exact) mass is 360 g/mol. The van der Waals surface area contributed by atoms with Crippen LogP contribution in [-0.2, 0) is 6.42 Å². The van der Waals surface area contributed by atoms with Gasteiger partial charge in [0, 0.05) is 17.0 Å². The third kappa shape index (κ3) is 3.85. The number of para-hydroxylation sites is 1. The molecule has 0 spiro atoms. The number of hydrogen-bond acceptors (Lipinski definition) is 2. The first-order chi connectivity index (χ1) is 12.8. The molecule has 0 amide bonds. The van der Waals surface area contributed by atoms with Crippen molar-refractivity contribution >= 4 is 0 Å². The number of rotatable bonds is 4. The average Bonchev–Trinajstić information content (AvgIpc) is 2.63. The summed E-state index contributed by atoms with van der Waals surface area (Å²) in [5.41, 5.74) is 4.65. The lowest BCUT2D eigenvalue weighted by Crippen LogP contribution is -2.20. The SMILES string of the molecule is CCc1cc(C(c2ccccc2)C(C)(C)C)cc(-c2ccccc2O)c1O. The van der Waals surface area contributed by atoms with Gasteiger partial charge in [-0.2, -0.15) is 0 Å². The molecule has 0 aliphatic rings. The molecule has 0 radical (unpaired) electrons. The van der Waals surface area contributed by atoms with Crippen molar-refractivity contribution in [2.24, 2.45) is 5.41 Å². The third-order valence-corrected chi connectivity index (χ3v) is 5.12. The zero-order chi connectivity index (χ0) is 19.6. The second-order valence-corrected chi connectivity index (χ2v) is 8.16. The van der Waals surface area contributed by atoms with E-state index < -0.39 is 0 Å². The van der Waals surface area contributed by atoms with Crippen molar-refractivity contribution in [3.63, 3.8) is 0 Å². The van der Waals surface area contributed by atoms with Crippen LogP contribution in [0.25, 0.3) is 11.1 Å². The van der Waals surface area contributed by atoms with Crippen molar-refractivity contribution in [2.45, 2.75) is 40.0 Å². The molecule has 0 aromatic heterocycles. The molecule has 0 aliphatic heterocycles. The number of aromatic hydroxyl groups is 2. The Morgan fingerprint density at radius 3 is 2.00 bits per heavy atom. The van der Waals surface area contributed by atoms with Crippen molar-refractivity contribution in [3.05, 3.63) is 83.4 Å². The zero-order valence-electron chi connectivity index (χ0n) is 16.5. The van der Waals surface area contributed by atoms with E-state index in [9.17, 15) is 10.2 Å². The fourth-order valence-electron chi connectivity index (χ4n) is 3.90. The van der Waals surface area contributed by atoms with Crippen LogP contribution in [0, 0.1) is 5.41 Å². The lowest BCUT2D eigenvalue weighted by atomic mass is 9.71. The van der Waals surface area contributed by atoms with Gasteiger partial charge < -0.3 is 10.2 Å². The van der Waals surface area contributed by atoms with E-state index in [-0.39, 0.29) is 22.8 Å². The molecule has 2 nitrogen and oxygen atoms in total. The van der Waals surface area contributed by atoms with Gasteiger partial charge in [-0.25, -0.2) is 0 Å². The van der Waals surface area contributed by atoms with Crippen LogP contribution in [0.1, 0.15) is 50.3 Å². The molecule has 1 unspecified atom stereocenters. The van der Waals surface area contributed by atoms with Gasteiger partial charge in [-0.15, -0.1) is 0 Å². The van der Waals surface area contributed by atoms with Crippen LogP contribution in [0.5, 0.6) is 11.5 Å². The Bertz CT molecular complexity index is 921. The maximum Gasteiger partial charge on any atom is 0.126 e. The topological polar surface area (TPSA) is 40.5 Å². The molecule has 1 atom stereocenters. The zero-order valence-corrected chi connectivity index (χ0v) is 16.5. The van der Waals surface area contributed by atoms with E-state index in [0.717, 1.165) is 17.5 Å². The van der Waals surface area contributed by atoms with Crippen LogP contribution < -0.4 is 0 Å². The number of phenols is 2. The van der Waals surface area contributed by atoms with E-state index in [1.807, 2.05) is 31.2 Å². The molecule has 0 bridgehead atoms. The quantitative estimate of drug-likeness (QED) is 0.557. The van der Waals surface area contributed by atoms with Gasteiger partial charge in [-0.1, -0.05) is 82.3 Å². The Labute approximate surface area is 162 Å². The molecule has 2 heteroatoms. The number of hydrogen-bond donors (Lipinski definition) is 2. The summed E-state index contributed by atoms with van der Waals surface area (Å²) < 4.78 is 0. The number of benzene rings is 3. The second kappa shape index (κ2) is 7.48. The first-order valence-corrected chi connectivity index (χ1v) is 9.52. The average molecular weight is 360 g/mol. The Morgan fingerprint density at radius 2 is 1.41 bits per heavy atom. The van der Waals surface area contributed by atoms with Gasteiger partial charge in [0.05, 0.1) is 0 Å². The molecule has 0 heterocycles. The summed E-state index contributed by atoms with van der Waals surface area (Å²) in [6, 6.07) is 21.8. The second-order valence-electron chi connectivity index (χ2n) is 8.16. The van der Waals surface area contributed by atoms with Crippen LogP contribution in [0.4, 0.5) is 0 Å². The van der Waals surface area contributed by atoms with Crippen molar-refractivity contribution < 1.29 is 10.2 Å². The van der Waals surface area contributed by atoms with Crippen LogP contribution >= 0.6 is 0 Å². The predicted octanol–water partition coefficient (Wildman–Crippen LogP) is 6.51. The highest BCUT2D eigenvalue weighted by molar-refractivity contribution is 5.77. The molecule has 0 fully saturated rings. The van der Waals surface area contributed by atoms with Crippen LogP contribution in [0.2, 0.25) is 0 Å². The van der Waals surface area contributed by atoms with Crippen LogP contribution in [0.15, 0.2) is 66.7 Å². The molecule has 3 aromatic carbocycles. The molecule has 0 aliphatic carbocycles. The van der Waals surface area contributed by atoms with Crippen molar-refractivity contribution in [2.75, 3.05) is 0 Å². The van der Waals surface area contributed by atoms with Crippen LogP contribution in [0.3, 0.4) is 0 Å². The summed E-state index contributed by atoms with van der Waals surface area (Å²) in [6.07, 6.45) is 0.728. The number of phenolic OH excluding ortho intramolecular Hbond substituents is 2. The van der Waals surface area contributed by atoms with E-state index in [1.165, 1.54) is 5.56 Å². The minimum absolute atomic E-state index is 0.000655. The Kier molecular flexibility index (Phi) is 5.27. The van der Waals surface area contributed by atoms with Gasteiger partial charge >= 0.3 is 0 Å². The van der Waals surface area contributed by atoms with Gasteiger partial charge in [0.1, 0.15) is 11.5 Å². The largest absolute Gasteiger partial charge is 0.507 e. The van der Waals surface area contributed by atoms with Gasteiger partial charge in [0.25, 0.3) is 0 Å². The van der Waals surface area contributed by atoms with E-state index in [0.29, 0.717) is 11.1 Å². The normalized spacial score (nSPS) is 12.7. The molecule has 2 N–H and O–H groups in total. The highest BCUT2D eigenvalue weighted by atomic mass is 16.3. The molecular weight excluding hydrogens is 332 g/mol. The fourth-order valence-corrected chi connectivity index (χ4v) is 3.90. The molecule has 140 valence electrons. The summed E-state index contributed by atoms with van der Waals surface area (Å²) in [4.78, 5) is 0. The molecule has 3 rings (SSSR count). The maximum absolute atomic E-state index is 10.8. The van der Waals surface area contributed by atoms with E-state index in [2.05, 4.69) is 51.1 Å². The molecule has 27 heavy (non-hydrogen) atoms. The lowest BCUT2D eigenvalue weighted by Gasteiger charge is -2.32. The fraction of sp³-hybridized carbons (Fsp3) is 0.280. The van der Waals surface area contributed by atoms with Crippen molar-refractivity contribution in [1.29, 1.82) is 0 Å². The third-order valence-electron chi connectivity index (χ3n) is 5.12. The highest BCUT2D eigenvalue weighted by Crippen LogP contribution is 2.45. The summed E-state index contributed by atoms with van der Waals surface area (Å²) in [6.45, 7) is 8.76. The van der Waals surface area contributed by atoms with E-state index in [4.69, 9.17) is 0 Å². The molecule has 0 saturated heterocycles. The highest BCUT2D eigenvalue weighted by Gasteiger charge is 2.29. The first-order valence-electron chi connectivity index (χ1n) is 9.52. The standard InChI is InChI=1S/C25H28O2/c1-5-17-15-19(23(25(2,3)4)18-11-7-6-8-12-18)16-21(24(17)27)20-13-9-10-14-22(20)26/h6-16,23,26-27H,5H2,1-4H3. The minimum atomic E-state index is -0.000655. The summed E-state index contributed by atoms with van der Waals surface area (Å²) in [5.74, 6) is 0.608. The van der Waals surface area contributed by atoms with E-state index in [1.54, 1.807) is 12.1 Å². The predicted molar refractivity (Wildman–Crippen MR) is 112 cm³/mol. The van der Waals surface area contributed by atoms with E-state index >= 15 is 0 Å². The Balaban J connectivity index is 2.26. The van der Waals surface area contributed by atoms with Crippen LogP contribution in [-0.4, -0.2) is 10.2 Å². The first kappa shape index (κ1) is 19.0. The molecular formula is C25H28O2. The maximum atomic E-state index is 10.8. The van der Waals surface area contributed by atoms with Gasteiger partial charge in [-0.05, 0) is 40.7 Å². The summed E-state index contributed by atoms with van der Waals surface area (Å²) in [5, 5.41) is 21.2. The smallest absolute Gasteiger partial charge is 0.126 e. The Hall–Kier alpha value is -2.74.